The van der Waals surface area contributed by atoms with Gasteiger partial charge in [-0.05, 0) is 36.2 Å². The van der Waals surface area contributed by atoms with Crippen LogP contribution >= 0.6 is 15.9 Å². The van der Waals surface area contributed by atoms with Gasteiger partial charge in [0.15, 0.2) is 0 Å². The van der Waals surface area contributed by atoms with Gasteiger partial charge < -0.3 is 10.1 Å². The van der Waals surface area contributed by atoms with Gasteiger partial charge in [0, 0.05) is 16.2 Å². The summed E-state index contributed by atoms with van der Waals surface area (Å²) >= 11 is 3.50. The van der Waals surface area contributed by atoms with Crippen molar-refractivity contribution in [2.45, 2.75) is 19.9 Å². The number of hydrogen-bond donors (Lipinski definition) is 1. The van der Waals surface area contributed by atoms with Crippen LogP contribution in [0.15, 0.2) is 40.9 Å². The molecule has 19 heavy (non-hydrogen) atoms. The summed E-state index contributed by atoms with van der Waals surface area (Å²) in [4.78, 5) is 4.39. The number of anilines is 1. The summed E-state index contributed by atoms with van der Waals surface area (Å²) in [6.07, 6.45) is 0.993. The summed E-state index contributed by atoms with van der Waals surface area (Å²) in [7, 11) is 1.63. The topological polar surface area (TPSA) is 34.1 Å². The van der Waals surface area contributed by atoms with Crippen molar-refractivity contribution in [2.75, 3.05) is 12.4 Å². The lowest BCUT2D eigenvalue weighted by atomic mass is 10.1. The van der Waals surface area contributed by atoms with E-state index in [1.165, 1.54) is 5.56 Å². The van der Waals surface area contributed by atoms with Crippen LogP contribution in [0.1, 0.15) is 18.2 Å². The highest BCUT2D eigenvalue weighted by Gasteiger charge is 2.03. The van der Waals surface area contributed by atoms with Crippen molar-refractivity contribution in [3.05, 3.63) is 52.1 Å². The maximum atomic E-state index is 5.12. The normalized spacial score (nSPS) is 10.3. The van der Waals surface area contributed by atoms with E-state index in [-0.39, 0.29) is 0 Å². The Morgan fingerprint density at radius 2 is 2.11 bits per heavy atom. The maximum absolute atomic E-state index is 5.12. The van der Waals surface area contributed by atoms with E-state index in [9.17, 15) is 0 Å². The van der Waals surface area contributed by atoms with Crippen LogP contribution in [0.25, 0.3) is 0 Å². The molecular weight excluding hydrogens is 304 g/mol. The highest BCUT2D eigenvalue weighted by atomic mass is 79.9. The highest BCUT2D eigenvalue weighted by Crippen LogP contribution is 2.22. The minimum Gasteiger partial charge on any atom is -0.481 e. The number of hydrogen-bond acceptors (Lipinski definition) is 3. The van der Waals surface area contributed by atoms with Crippen molar-refractivity contribution in [3.63, 3.8) is 0 Å². The van der Waals surface area contributed by atoms with Gasteiger partial charge in [0.2, 0.25) is 5.88 Å². The van der Waals surface area contributed by atoms with Gasteiger partial charge in [0.25, 0.3) is 0 Å². The molecule has 2 aromatic rings. The molecule has 0 aliphatic rings. The number of methoxy groups -OCH3 is 1. The molecular formula is C15H17BrN2O. The smallest absolute Gasteiger partial charge is 0.213 e. The molecule has 0 aliphatic heterocycles. The Hall–Kier alpha value is -1.55. The average Bonchev–Trinajstić information content (AvgIpc) is 2.46. The molecule has 100 valence electrons. The summed E-state index contributed by atoms with van der Waals surface area (Å²) < 4.78 is 6.23. The van der Waals surface area contributed by atoms with Crippen molar-refractivity contribution < 1.29 is 4.74 Å². The lowest BCUT2D eigenvalue weighted by Gasteiger charge is -2.11. The number of ether oxygens (including phenoxy) is 1. The molecule has 4 heteroatoms. The fourth-order valence-electron chi connectivity index (χ4n) is 1.88. The summed E-state index contributed by atoms with van der Waals surface area (Å²) in [5, 5.41) is 3.42. The third-order valence-corrected chi connectivity index (χ3v) is 3.39. The van der Waals surface area contributed by atoms with Crippen molar-refractivity contribution in [3.8, 4) is 5.88 Å². The lowest BCUT2D eigenvalue weighted by Crippen LogP contribution is -2.04. The number of rotatable bonds is 5. The van der Waals surface area contributed by atoms with Gasteiger partial charge in [-0.25, -0.2) is 4.98 Å². The van der Waals surface area contributed by atoms with Gasteiger partial charge in [-0.15, -0.1) is 0 Å². The van der Waals surface area contributed by atoms with Crippen molar-refractivity contribution in [1.82, 2.24) is 4.98 Å². The molecule has 0 saturated heterocycles. The number of aromatic nitrogens is 1. The Morgan fingerprint density at radius 3 is 2.84 bits per heavy atom. The molecule has 1 heterocycles. The monoisotopic (exact) mass is 320 g/mol. The first-order valence-electron chi connectivity index (χ1n) is 6.25. The van der Waals surface area contributed by atoms with Crippen LogP contribution in [-0.2, 0) is 13.0 Å². The first-order valence-corrected chi connectivity index (χ1v) is 7.04. The molecule has 0 spiro atoms. The number of halogens is 1. The second-order valence-electron chi connectivity index (χ2n) is 4.18. The zero-order valence-corrected chi connectivity index (χ0v) is 12.7. The van der Waals surface area contributed by atoms with Crippen molar-refractivity contribution >= 4 is 21.6 Å². The molecule has 1 N–H and O–H groups in total. The van der Waals surface area contributed by atoms with E-state index in [1.54, 1.807) is 7.11 Å². The molecule has 0 fully saturated rings. The van der Waals surface area contributed by atoms with Gasteiger partial charge in [-0.2, -0.15) is 0 Å². The summed E-state index contributed by atoms with van der Waals surface area (Å²) in [5.41, 5.74) is 3.40. The Labute approximate surface area is 122 Å². The van der Waals surface area contributed by atoms with Crippen LogP contribution in [-0.4, -0.2) is 12.1 Å². The molecule has 3 nitrogen and oxygen atoms in total. The fourth-order valence-corrected chi connectivity index (χ4v) is 2.29. The second-order valence-corrected chi connectivity index (χ2v) is 5.10. The Balaban J connectivity index is 2.09. The average molecular weight is 321 g/mol. The van der Waals surface area contributed by atoms with E-state index < -0.39 is 0 Å². The Morgan fingerprint density at radius 1 is 1.26 bits per heavy atom. The minimum atomic E-state index is 0.644. The summed E-state index contributed by atoms with van der Waals surface area (Å²) in [5.74, 6) is 0.644. The largest absolute Gasteiger partial charge is 0.481 e. The molecule has 0 amide bonds. The standard InChI is InChI=1S/C15H17BrN2O/c1-3-11-9-12(16)7-8-14(11)17-10-13-5-4-6-15(18-13)19-2/h4-9,17H,3,10H2,1-2H3. The van der Waals surface area contributed by atoms with Gasteiger partial charge in [0.1, 0.15) is 0 Å². The SMILES string of the molecule is CCc1cc(Br)ccc1NCc1cccc(OC)n1. The van der Waals surface area contributed by atoms with Crippen LogP contribution in [0.2, 0.25) is 0 Å². The Bertz CT molecular complexity index is 558. The van der Waals surface area contributed by atoms with Crippen molar-refractivity contribution in [1.29, 1.82) is 0 Å². The fraction of sp³-hybridized carbons (Fsp3) is 0.267. The quantitative estimate of drug-likeness (QED) is 0.903. The third kappa shape index (κ3) is 3.70. The first-order chi connectivity index (χ1) is 9.22. The van der Waals surface area contributed by atoms with Crippen LogP contribution in [0.3, 0.4) is 0 Å². The zero-order valence-electron chi connectivity index (χ0n) is 11.1. The molecule has 0 unspecified atom stereocenters. The number of pyridine rings is 1. The summed E-state index contributed by atoms with van der Waals surface area (Å²) in [6.45, 7) is 2.84. The maximum Gasteiger partial charge on any atom is 0.213 e. The molecule has 0 bridgehead atoms. The van der Waals surface area contributed by atoms with Gasteiger partial charge in [0.05, 0.1) is 19.3 Å². The Kier molecular flexibility index (Phi) is 4.80. The van der Waals surface area contributed by atoms with Crippen LogP contribution in [0.5, 0.6) is 5.88 Å². The van der Waals surface area contributed by atoms with Crippen molar-refractivity contribution in [2.24, 2.45) is 0 Å². The number of nitrogens with one attached hydrogen (secondary N) is 1. The van der Waals surface area contributed by atoms with Gasteiger partial charge in [-0.3, -0.25) is 0 Å². The second kappa shape index (κ2) is 6.57. The number of aryl methyl sites for hydroxylation is 1. The summed E-state index contributed by atoms with van der Waals surface area (Å²) in [6, 6.07) is 12.1. The molecule has 1 aromatic carbocycles. The molecule has 0 saturated carbocycles. The van der Waals surface area contributed by atoms with Gasteiger partial charge in [-0.1, -0.05) is 28.9 Å². The third-order valence-electron chi connectivity index (χ3n) is 2.90. The van der Waals surface area contributed by atoms with Crippen LogP contribution in [0, 0.1) is 0 Å². The first kappa shape index (κ1) is 13.9. The van der Waals surface area contributed by atoms with E-state index >= 15 is 0 Å². The van der Waals surface area contributed by atoms with E-state index in [4.69, 9.17) is 4.74 Å². The highest BCUT2D eigenvalue weighted by molar-refractivity contribution is 9.10. The lowest BCUT2D eigenvalue weighted by molar-refractivity contribution is 0.396. The van der Waals surface area contributed by atoms with E-state index in [0.717, 1.165) is 22.3 Å². The predicted molar refractivity (Wildman–Crippen MR) is 81.6 cm³/mol. The number of nitrogens with zero attached hydrogens (tertiary/aromatic N) is 1. The van der Waals surface area contributed by atoms with Crippen LogP contribution in [0.4, 0.5) is 5.69 Å². The minimum absolute atomic E-state index is 0.644. The van der Waals surface area contributed by atoms with E-state index in [0.29, 0.717) is 12.4 Å². The zero-order chi connectivity index (χ0) is 13.7. The molecule has 2 rings (SSSR count). The van der Waals surface area contributed by atoms with E-state index in [2.05, 4.69) is 45.3 Å². The molecule has 0 atom stereocenters. The van der Waals surface area contributed by atoms with Gasteiger partial charge >= 0.3 is 0 Å². The predicted octanol–water partition coefficient (Wildman–Crippen LogP) is 4.03. The molecule has 1 aromatic heterocycles. The molecule has 0 aliphatic carbocycles. The van der Waals surface area contributed by atoms with Crippen LogP contribution < -0.4 is 10.1 Å². The number of benzene rings is 1. The van der Waals surface area contributed by atoms with E-state index in [1.807, 2.05) is 24.3 Å². The molecule has 0 radical (unpaired) electrons.